The summed E-state index contributed by atoms with van der Waals surface area (Å²) in [5, 5.41) is 20.6. The molecule has 3 rings (SSSR count). The molecule has 2 N–H and O–H groups in total. The van der Waals surface area contributed by atoms with Crippen molar-refractivity contribution in [3.05, 3.63) is 64.7 Å². The molecule has 23 heavy (non-hydrogen) atoms. The largest absolute Gasteiger partial charge is 0.507 e. The van der Waals surface area contributed by atoms with E-state index >= 15 is 0 Å². The first-order chi connectivity index (χ1) is 11.0. The molecular formula is C18H15ClO4. The van der Waals surface area contributed by atoms with E-state index in [0.717, 1.165) is 5.56 Å². The standard InChI is InChI=1S/C18H15ClO4/c1-2-4-12-13(20)8-14(21)17-15(22)9-16(23-18(12)17)10-5-3-6-11(19)7-10/h2-3,5-8,16,20-21H,1,4,9H2. The third kappa shape index (κ3) is 2.78. The van der Waals surface area contributed by atoms with E-state index in [1.165, 1.54) is 6.07 Å². The number of Topliss-reactive ketones (excluding diaryl/α,β-unsaturated/α-hetero) is 1. The van der Waals surface area contributed by atoms with E-state index in [0.29, 0.717) is 17.0 Å². The lowest BCUT2D eigenvalue weighted by Crippen LogP contribution is -2.21. The van der Waals surface area contributed by atoms with Crippen LogP contribution in [0.5, 0.6) is 17.2 Å². The fraction of sp³-hybridized carbons (Fsp3) is 0.167. The normalized spacial score (nSPS) is 16.6. The minimum atomic E-state index is -0.515. The number of hydrogen-bond donors (Lipinski definition) is 2. The van der Waals surface area contributed by atoms with Crippen molar-refractivity contribution < 1.29 is 19.7 Å². The molecule has 1 atom stereocenters. The Morgan fingerprint density at radius 3 is 2.78 bits per heavy atom. The lowest BCUT2D eigenvalue weighted by Gasteiger charge is -2.28. The first kappa shape index (κ1) is 15.4. The minimum absolute atomic E-state index is 0.0964. The van der Waals surface area contributed by atoms with Gasteiger partial charge in [0.2, 0.25) is 0 Å². The molecule has 0 amide bonds. The third-order valence-electron chi connectivity index (χ3n) is 3.82. The first-order valence-electron chi connectivity index (χ1n) is 7.15. The molecule has 0 fully saturated rings. The number of rotatable bonds is 3. The molecule has 4 nitrogen and oxygen atoms in total. The van der Waals surface area contributed by atoms with Crippen molar-refractivity contribution in [1.29, 1.82) is 0 Å². The predicted molar refractivity (Wildman–Crippen MR) is 87.4 cm³/mol. The Bertz CT molecular complexity index is 798. The molecule has 0 spiro atoms. The van der Waals surface area contributed by atoms with E-state index in [9.17, 15) is 15.0 Å². The average Bonchev–Trinajstić information content (AvgIpc) is 2.50. The molecule has 1 aliphatic rings. The molecule has 118 valence electrons. The number of allylic oxidation sites excluding steroid dienone is 1. The van der Waals surface area contributed by atoms with Crippen molar-refractivity contribution in [1.82, 2.24) is 0 Å². The monoisotopic (exact) mass is 330 g/mol. The highest BCUT2D eigenvalue weighted by molar-refractivity contribution is 6.30. The first-order valence-corrected chi connectivity index (χ1v) is 7.53. The van der Waals surface area contributed by atoms with E-state index in [2.05, 4.69) is 6.58 Å². The average molecular weight is 331 g/mol. The Balaban J connectivity index is 2.11. The highest BCUT2D eigenvalue weighted by atomic mass is 35.5. The Morgan fingerprint density at radius 2 is 2.09 bits per heavy atom. The molecule has 0 saturated heterocycles. The highest BCUT2D eigenvalue weighted by Crippen LogP contribution is 2.45. The van der Waals surface area contributed by atoms with Gasteiger partial charge < -0.3 is 14.9 Å². The van der Waals surface area contributed by atoms with Crippen LogP contribution in [0.4, 0.5) is 0 Å². The molecule has 0 aliphatic carbocycles. The number of phenolic OH excluding ortho intramolecular Hbond substituents is 2. The van der Waals surface area contributed by atoms with E-state index in [1.807, 2.05) is 6.07 Å². The van der Waals surface area contributed by atoms with Crippen LogP contribution in [-0.4, -0.2) is 16.0 Å². The van der Waals surface area contributed by atoms with Gasteiger partial charge in [-0.3, -0.25) is 4.79 Å². The maximum atomic E-state index is 12.5. The molecule has 0 saturated carbocycles. The van der Waals surface area contributed by atoms with E-state index in [4.69, 9.17) is 16.3 Å². The highest BCUT2D eigenvalue weighted by Gasteiger charge is 2.33. The molecule has 2 aromatic rings. The van der Waals surface area contributed by atoms with Crippen LogP contribution in [0.25, 0.3) is 0 Å². The predicted octanol–water partition coefficient (Wildman–Crippen LogP) is 4.19. The number of benzene rings is 2. The van der Waals surface area contributed by atoms with E-state index in [-0.39, 0.29) is 35.0 Å². The van der Waals surface area contributed by atoms with Gasteiger partial charge in [-0.05, 0) is 24.1 Å². The molecule has 1 heterocycles. The number of hydrogen-bond acceptors (Lipinski definition) is 4. The maximum Gasteiger partial charge on any atom is 0.174 e. The van der Waals surface area contributed by atoms with E-state index in [1.54, 1.807) is 24.3 Å². The van der Waals surface area contributed by atoms with Crippen LogP contribution >= 0.6 is 11.6 Å². The number of ether oxygens (including phenoxy) is 1. The second-order valence-corrected chi connectivity index (χ2v) is 5.82. The van der Waals surface area contributed by atoms with Gasteiger partial charge in [-0.15, -0.1) is 6.58 Å². The summed E-state index contributed by atoms with van der Waals surface area (Å²) in [7, 11) is 0. The van der Waals surface area contributed by atoms with Gasteiger partial charge in [0.25, 0.3) is 0 Å². The smallest absolute Gasteiger partial charge is 0.174 e. The summed E-state index contributed by atoms with van der Waals surface area (Å²) in [6.07, 6.45) is 1.50. The van der Waals surface area contributed by atoms with Crippen molar-refractivity contribution in [2.45, 2.75) is 18.9 Å². The van der Waals surface area contributed by atoms with Crippen molar-refractivity contribution >= 4 is 17.4 Å². The van der Waals surface area contributed by atoms with Gasteiger partial charge in [0.1, 0.15) is 28.9 Å². The zero-order valence-electron chi connectivity index (χ0n) is 12.3. The van der Waals surface area contributed by atoms with Crippen LogP contribution < -0.4 is 4.74 Å². The Labute approximate surface area is 138 Å². The van der Waals surface area contributed by atoms with E-state index < -0.39 is 6.10 Å². The SMILES string of the molecule is C=CCc1c(O)cc(O)c2c1OC(c1cccc(Cl)c1)CC2=O. The lowest BCUT2D eigenvalue weighted by atomic mass is 9.92. The number of halogens is 1. The van der Waals surface area contributed by atoms with Crippen LogP contribution in [0.3, 0.4) is 0 Å². The molecule has 0 bridgehead atoms. The topological polar surface area (TPSA) is 66.8 Å². The van der Waals surface area contributed by atoms with Crippen molar-refractivity contribution in [3.63, 3.8) is 0 Å². The quantitative estimate of drug-likeness (QED) is 0.828. The maximum absolute atomic E-state index is 12.5. The van der Waals surface area contributed by atoms with Crippen LogP contribution in [-0.2, 0) is 6.42 Å². The summed E-state index contributed by atoms with van der Waals surface area (Å²) >= 11 is 6.00. The number of phenols is 2. The zero-order chi connectivity index (χ0) is 16.6. The van der Waals surface area contributed by atoms with Crippen molar-refractivity contribution in [2.75, 3.05) is 0 Å². The fourth-order valence-corrected chi connectivity index (χ4v) is 2.96. The van der Waals surface area contributed by atoms with Crippen molar-refractivity contribution in [2.24, 2.45) is 0 Å². The summed E-state index contributed by atoms with van der Waals surface area (Å²) in [5.41, 5.74) is 1.31. The number of ketones is 1. The number of carbonyl (C=O) groups excluding carboxylic acids is 1. The van der Waals surface area contributed by atoms with Crippen LogP contribution in [0, 0.1) is 0 Å². The number of fused-ring (bicyclic) bond motifs is 1. The molecule has 0 aromatic heterocycles. The summed E-state index contributed by atoms with van der Waals surface area (Å²) in [6, 6.07) is 8.25. The number of carbonyl (C=O) groups is 1. The lowest BCUT2D eigenvalue weighted by molar-refractivity contribution is 0.0842. The van der Waals surface area contributed by atoms with Crippen molar-refractivity contribution in [3.8, 4) is 17.2 Å². The fourth-order valence-electron chi connectivity index (χ4n) is 2.76. The van der Waals surface area contributed by atoms with Gasteiger partial charge in [0, 0.05) is 16.7 Å². The summed E-state index contributed by atoms with van der Waals surface area (Å²) in [6.45, 7) is 3.64. The summed E-state index contributed by atoms with van der Waals surface area (Å²) < 4.78 is 5.94. The molecule has 1 unspecified atom stereocenters. The number of aromatic hydroxyl groups is 2. The second-order valence-electron chi connectivity index (χ2n) is 5.38. The van der Waals surface area contributed by atoms with Gasteiger partial charge in [-0.1, -0.05) is 29.8 Å². The van der Waals surface area contributed by atoms with Gasteiger partial charge in [-0.2, -0.15) is 0 Å². The molecule has 2 aromatic carbocycles. The minimum Gasteiger partial charge on any atom is -0.507 e. The Hall–Kier alpha value is -2.46. The molecule has 0 radical (unpaired) electrons. The summed E-state index contributed by atoms with van der Waals surface area (Å²) in [4.78, 5) is 12.5. The van der Waals surface area contributed by atoms with Crippen LogP contribution in [0.1, 0.15) is 34.0 Å². The van der Waals surface area contributed by atoms with Gasteiger partial charge in [0.05, 0.1) is 6.42 Å². The van der Waals surface area contributed by atoms with Crippen LogP contribution in [0.2, 0.25) is 5.02 Å². The molecule has 1 aliphatic heterocycles. The van der Waals surface area contributed by atoms with Gasteiger partial charge in [-0.25, -0.2) is 0 Å². The molecular weight excluding hydrogens is 316 g/mol. The third-order valence-corrected chi connectivity index (χ3v) is 4.05. The summed E-state index contributed by atoms with van der Waals surface area (Å²) in [5.74, 6) is -0.428. The van der Waals surface area contributed by atoms with Gasteiger partial charge >= 0.3 is 0 Å². The second kappa shape index (κ2) is 5.97. The van der Waals surface area contributed by atoms with Crippen LogP contribution in [0.15, 0.2) is 43.0 Å². The Morgan fingerprint density at radius 1 is 1.30 bits per heavy atom. The Kier molecular flexibility index (Phi) is 4.01. The van der Waals surface area contributed by atoms with Gasteiger partial charge in [0.15, 0.2) is 5.78 Å². The molecule has 5 heteroatoms. The zero-order valence-corrected chi connectivity index (χ0v) is 13.0.